The second-order valence-electron chi connectivity index (χ2n) is 7.64. The van der Waals surface area contributed by atoms with Crippen molar-refractivity contribution in [2.45, 2.75) is 38.3 Å². The van der Waals surface area contributed by atoms with E-state index < -0.39 is 29.6 Å². The highest BCUT2D eigenvalue weighted by atomic mass is 32.1. The zero-order valence-electron chi connectivity index (χ0n) is 17.0. The highest BCUT2D eigenvalue weighted by Crippen LogP contribution is 2.37. The summed E-state index contributed by atoms with van der Waals surface area (Å²) >= 11 is 1.50. The number of aliphatic hydroxyl groups excluding tert-OH is 1. The van der Waals surface area contributed by atoms with Crippen molar-refractivity contribution in [2.24, 2.45) is 0 Å². The van der Waals surface area contributed by atoms with Crippen molar-refractivity contribution in [3.63, 3.8) is 0 Å². The quantitative estimate of drug-likeness (QED) is 0.447. The summed E-state index contributed by atoms with van der Waals surface area (Å²) in [5.41, 5.74) is 0.459. The lowest BCUT2D eigenvalue weighted by atomic mass is 9.97. The van der Waals surface area contributed by atoms with E-state index in [9.17, 15) is 14.7 Å². The van der Waals surface area contributed by atoms with Gasteiger partial charge in [0.2, 0.25) is 0 Å². The van der Waals surface area contributed by atoms with Gasteiger partial charge in [0.25, 0.3) is 11.7 Å². The number of likely N-dealkylation sites (tertiary alicyclic amines) is 1. The number of rotatable bonds is 5. The van der Waals surface area contributed by atoms with Crippen molar-refractivity contribution in [3.05, 3.63) is 57.8 Å². The number of carbonyl (C=O) groups is 2. The number of ketones is 1. The van der Waals surface area contributed by atoms with E-state index in [1.54, 1.807) is 45.2 Å². The topological polar surface area (TPSA) is 85.3 Å². The van der Waals surface area contributed by atoms with Crippen LogP contribution >= 0.6 is 11.3 Å². The largest absolute Gasteiger partial charge is 0.507 e. The number of amides is 1. The Morgan fingerprint density at radius 3 is 2.57 bits per heavy atom. The molecule has 2 atom stereocenters. The van der Waals surface area contributed by atoms with Crippen LogP contribution in [0.2, 0.25) is 0 Å². The number of hydrogen-bond donors (Lipinski definition) is 1. The number of hydrogen-bond acceptors (Lipinski definition) is 7. The van der Waals surface area contributed by atoms with Crippen molar-refractivity contribution < 1.29 is 28.9 Å². The summed E-state index contributed by atoms with van der Waals surface area (Å²) in [4.78, 5) is 28.3. The average Bonchev–Trinajstić information content (AvgIpc) is 3.43. The van der Waals surface area contributed by atoms with Crippen LogP contribution in [0.15, 0.2) is 47.4 Å². The molecular weight excluding hydrogens is 406 g/mol. The van der Waals surface area contributed by atoms with Gasteiger partial charge >= 0.3 is 0 Å². The molecular formula is C22H23NO6S. The monoisotopic (exact) mass is 429 g/mol. The Labute approximate surface area is 178 Å². The zero-order valence-corrected chi connectivity index (χ0v) is 17.8. The second-order valence-corrected chi connectivity index (χ2v) is 8.68. The van der Waals surface area contributed by atoms with E-state index >= 15 is 0 Å². The summed E-state index contributed by atoms with van der Waals surface area (Å²) in [5, 5.41) is 12.9. The van der Waals surface area contributed by atoms with Crippen molar-refractivity contribution in [3.8, 4) is 5.75 Å². The molecule has 2 aromatic rings. The Hall–Kier alpha value is -2.68. The van der Waals surface area contributed by atoms with Gasteiger partial charge in [-0.25, -0.2) is 0 Å². The van der Waals surface area contributed by atoms with E-state index in [2.05, 4.69) is 0 Å². The summed E-state index contributed by atoms with van der Waals surface area (Å²) in [6.45, 7) is 4.02. The second kappa shape index (κ2) is 7.86. The predicted octanol–water partition coefficient (Wildman–Crippen LogP) is 3.16. The number of aliphatic hydroxyl groups is 1. The number of ether oxygens (including phenoxy) is 3. The molecule has 0 bridgehead atoms. The summed E-state index contributed by atoms with van der Waals surface area (Å²) in [6.07, 6.45) is -0.578. The van der Waals surface area contributed by atoms with Crippen LogP contribution in [-0.4, -0.2) is 53.3 Å². The number of Topliss-reactive ketones (excluding diaryl/α,β-unsaturated/α-hetero) is 1. The van der Waals surface area contributed by atoms with Crippen LogP contribution in [0.5, 0.6) is 5.75 Å². The molecule has 0 aliphatic carbocycles. The van der Waals surface area contributed by atoms with Crippen molar-refractivity contribution in [1.29, 1.82) is 0 Å². The molecule has 7 nitrogen and oxygen atoms in total. The lowest BCUT2D eigenvalue weighted by molar-refractivity contribution is -0.149. The third kappa shape index (κ3) is 3.74. The predicted molar refractivity (Wildman–Crippen MR) is 111 cm³/mol. The summed E-state index contributed by atoms with van der Waals surface area (Å²) in [6, 6.07) is 9.70. The van der Waals surface area contributed by atoms with Gasteiger partial charge in [-0.2, -0.15) is 0 Å². The van der Waals surface area contributed by atoms with E-state index in [0.29, 0.717) is 11.3 Å². The normalized spacial score (nSPS) is 25.1. The highest BCUT2D eigenvalue weighted by Gasteiger charge is 2.52. The van der Waals surface area contributed by atoms with Crippen molar-refractivity contribution >= 4 is 28.8 Å². The Kier molecular flexibility index (Phi) is 5.40. The van der Waals surface area contributed by atoms with Crippen LogP contribution in [0.3, 0.4) is 0 Å². The van der Waals surface area contributed by atoms with E-state index in [0.717, 1.165) is 4.88 Å². The maximum Gasteiger partial charge on any atom is 0.295 e. The number of nitrogens with zero attached hydrogens (tertiary/aromatic N) is 1. The smallest absolute Gasteiger partial charge is 0.295 e. The first-order valence-corrected chi connectivity index (χ1v) is 10.5. The molecule has 30 heavy (non-hydrogen) atoms. The minimum Gasteiger partial charge on any atom is -0.507 e. The Morgan fingerprint density at radius 2 is 2.00 bits per heavy atom. The zero-order chi connectivity index (χ0) is 21.5. The molecule has 8 heteroatoms. The summed E-state index contributed by atoms with van der Waals surface area (Å²) < 4.78 is 16.8. The van der Waals surface area contributed by atoms with E-state index in [1.165, 1.54) is 16.2 Å². The number of thiophene rings is 1. The van der Waals surface area contributed by atoms with Gasteiger partial charge in [0, 0.05) is 10.4 Å². The minimum atomic E-state index is -0.838. The molecule has 0 radical (unpaired) electrons. The molecule has 2 saturated heterocycles. The lowest BCUT2D eigenvalue weighted by Gasteiger charge is -2.29. The molecule has 3 heterocycles. The molecule has 2 unspecified atom stereocenters. The molecule has 4 rings (SSSR count). The maximum atomic E-state index is 13.0. The van der Waals surface area contributed by atoms with Crippen LogP contribution in [0, 0.1) is 0 Å². The lowest BCUT2D eigenvalue weighted by Crippen LogP contribution is -2.43. The van der Waals surface area contributed by atoms with Gasteiger partial charge in [0.1, 0.15) is 17.6 Å². The van der Waals surface area contributed by atoms with Gasteiger partial charge in [0.15, 0.2) is 5.79 Å². The molecule has 2 aliphatic rings. The molecule has 2 aliphatic heterocycles. The fourth-order valence-corrected chi connectivity index (χ4v) is 4.51. The first kappa shape index (κ1) is 20.6. The molecule has 1 N–H and O–H groups in total. The average molecular weight is 429 g/mol. The third-order valence-corrected chi connectivity index (χ3v) is 6.10. The fourth-order valence-electron chi connectivity index (χ4n) is 3.81. The highest BCUT2D eigenvalue weighted by molar-refractivity contribution is 7.09. The molecule has 1 amide bonds. The van der Waals surface area contributed by atoms with E-state index in [-0.39, 0.29) is 24.5 Å². The van der Waals surface area contributed by atoms with Crippen LogP contribution < -0.4 is 4.74 Å². The molecule has 158 valence electrons. The van der Waals surface area contributed by atoms with Crippen molar-refractivity contribution in [2.75, 3.05) is 13.7 Å². The standard InChI is InChI=1S/C22H23NO6S/c1-22(2)28-12-16(29-22)18-17(19(24)13-6-8-14(27-3)9-7-13)20(25)21(26)23(18)11-15-5-4-10-30-15/h4-10,16,18,24H,11-12H2,1-3H3/b19-17+. The number of methoxy groups -OCH3 is 1. The Bertz CT molecular complexity index is 980. The Morgan fingerprint density at radius 1 is 1.27 bits per heavy atom. The van der Waals surface area contributed by atoms with Gasteiger partial charge in [0.05, 0.1) is 31.9 Å². The number of benzene rings is 1. The first-order valence-electron chi connectivity index (χ1n) is 9.58. The summed E-state index contributed by atoms with van der Waals surface area (Å²) in [5.74, 6) is -1.83. The molecule has 0 spiro atoms. The third-order valence-electron chi connectivity index (χ3n) is 5.24. The van der Waals surface area contributed by atoms with Gasteiger partial charge in [-0.15, -0.1) is 11.3 Å². The first-order chi connectivity index (χ1) is 14.3. The summed E-state index contributed by atoms with van der Waals surface area (Å²) in [7, 11) is 1.55. The Balaban J connectivity index is 1.77. The molecule has 0 saturated carbocycles. The molecule has 2 fully saturated rings. The van der Waals surface area contributed by atoms with Crippen molar-refractivity contribution in [1.82, 2.24) is 4.90 Å². The number of carbonyl (C=O) groups excluding carboxylic acids is 2. The van der Waals surface area contributed by atoms with Crippen LogP contribution in [0.1, 0.15) is 24.3 Å². The molecule has 1 aromatic carbocycles. The van der Waals surface area contributed by atoms with Crippen LogP contribution in [0.4, 0.5) is 0 Å². The van der Waals surface area contributed by atoms with Gasteiger partial charge in [-0.3, -0.25) is 9.59 Å². The van der Waals surface area contributed by atoms with Gasteiger partial charge < -0.3 is 24.2 Å². The van der Waals surface area contributed by atoms with E-state index in [1.807, 2.05) is 17.5 Å². The van der Waals surface area contributed by atoms with Gasteiger partial charge in [-0.05, 0) is 49.6 Å². The van der Waals surface area contributed by atoms with E-state index in [4.69, 9.17) is 14.2 Å². The maximum absolute atomic E-state index is 13.0. The van der Waals surface area contributed by atoms with Gasteiger partial charge in [-0.1, -0.05) is 6.07 Å². The van der Waals surface area contributed by atoms with Crippen LogP contribution in [0.25, 0.3) is 5.76 Å². The SMILES string of the molecule is COc1ccc(/C(O)=C2\C(=O)C(=O)N(Cc3cccs3)C2C2COC(C)(C)O2)cc1. The fraction of sp³-hybridized carbons (Fsp3) is 0.364. The van der Waals surface area contributed by atoms with Crippen LogP contribution in [-0.2, 0) is 25.6 Å². The minimum absolute atomic E-state index is 0.0352. The molecule has 1 aromatic heterocycles.